The molecular weight excluding hydrogens is 305 g/mol. The lowest BCUT2D eigenvalue weighted by Crippen LogP contribution is -2.45. The van der Waals surface area contributed by atoms with Crippen molar-refractivity contribution in [1.29, 1.82) is 0 Å². The molecule has 0 amide bonds. The molecule has 2 heterocycles. The van der Waals surface area contributed by atoms with Crippen LogP contribution in [0.5, 0.6) is 0 Å². The summed E-state index contributed by atoms with van der Waals surface area (Å²) in [6.07, 6.45) is 0.609. The Bertz CT molecular complexity index is 584. The van der Waals surface area contributed by atoms with Gasteiger partial charge in [0.1, 0.15) is 0 Å². The van der Waals surface area contributed by atoms with Crippen LogP contribution in [0.4, 0.5) is 0 Å². The number of oxime groups is 1. The first kappa shape index (κ1) is 13.7. The molecule has 0 unspecified atom stereocenters. The molecule has 1 aromatic carbocycles. The molecule has 2 aliphatic heterocycles. The summed E-state index contributed by atoms with van der Waals surface area (Å²) in [7, 11) is 1.29. The lowest BCUT2D eigenvalue weighted by molar-refractivity contribution is -0.228. The fraction of sp³-hybridized carbons (Fsp3) is 0.385. The minimum Gasteiger partial charge on any atom is -0.464 e. The molecular formula is C13H11Cl2NO4. The van der Waals surface area contributed by atoms with E-state index in [-0.39, 0.29) is 5.92 Å². The van der Waals surface area contributed by atoms with Gasteiger partial charge >= 0.3 is 11.8 Å². The average molecular weight is 316 g/mol. The van der Waals surface area contributed by atoms with Gasteiger partial charge in [-0.05, 0) is 24.6 Å². The summed E-state index contributed by atoms with van der Waals surface area (Å²) >= 11 is 12.0. The summed E-state index contributed by atoms with van der Waals surface area (Å²) in [6.45, 7) is 0.396. The van der Waals surface area contributed by atoms with Crippen molar-refractivity contribution in [3.05, 3.63) is 33.8 Å². The Morgan fingerprint density at radius 1 is 1.40 bits per heavy atom. The normalized spacial score (nSPS) is 27.8. The van der Waals surface area contributed by atoms with E-state index in [1.54, 1.807) is 18.2 Å². The molecule has 0 radical (unpaired) electrons. The smallest absolute Gasteiger partial charge is 0.382 e. The fourth-order valence-corrected chi connectivity index (χ4v) is 3.07. The molecule has 0 bridgehead atoms. The highest BCUT2D eigenvalue weighted by molar-refractivity contribution is 6.35. The minimum absolute atomic E-state index is 0.329. The third kappa shape index (κ3) is 1.97. The number of hydrogen-bond acceptors (Lipinski definition) is 5. The maximum atomic E-state index is 11.9. The van der Waals surface area contributed by atoms with Gasteiger partial charge in [0.05, 0.1) is 25.3 Å². The third-order valence-electron chi connectivity index (χ3n) is 3.42. The second-order valence-corrected chi connectivity index (χ2v) is 5.45. The van der Waals surface area contributed by atoms with Gasteiger partial charge in [0.15, 0.2) is 0 Å². The van der Waals surface area contributed by atoms with Crippen molar-refractivity contribution >= 4 is 34.9 Å². The zero-order chi connectivity index (χ0) is 14.3. The van der Waals surface area contributed by atoms with Gasteiger partial charge < -0.3 is 14.3 Å². The van der Waals surface area contributed by atoms with Crippen molar-refractivity contribution < 1.29 is 19.1 Å². The second-order valence-electron chi connectivity index (χ2n) is 4.57. The molecule has 5 nitrogen and oxygen atoms in total. The quantitative estimate of drug-likeness (QED) is 0.787. The predicted octanol–water partition coefficient (Wildman–Crippen LogP) is 2.63. The van der Waals surface area contributed by atoms with Crippen LogP contribution < -0.4 is 0 Å². The minimum atomic E-state index is -1.47. The van der Waals surface area contributed by atoms with E-state index in [1.165, 1.54) is 7.11 Å². The van der Waals surface area contributed by atoms with Crippen LogP contribution in [0.2, 0.25) is 10.0 Å². The highest BCUT2D eigenvalue weighted by atomic mass is 35.5. The van der Waals surface area contributed by atoms with Crippen molar-refractivity contribution in [3.63, 3.8) is 0 Å². The van der Waals surface area contributed by atoms with Crippen molar-refractivity contribution in [3.8, 4) is 0 Å². The second kappa shape index (κ2) is 4.91. The molecule has 0 N–H and O–H groups in total. The number of benzene rings is 1. The molecule has 1 aromatic rings. The summed E-state index contributed by atoms with van der Waals surface area (Å²) in [5, 5.41) is 4.97. The van der Waals surface area contributed by atoms with E-state index in [4.69, 9.17) is 37.5 Å². The predicted molar refractivity (Wildman–Crippen MR) is 72.9 cm³/mol. The van der Waals surface area contributed by atoms with Gasteiger partial charge in [-0.2, -0.15) is 0 Å². The fourth-order valence-electron chi connectivity index (χ4n) is 2.54. The zero-order valence-corrected chi connectivity index (χ0v) is 12.1. The largest absolute Gasteiger partial charge is 0.464 e. The zero-order valence-electron chi connectivity index (χ0n) is 10.6. The van der Waals surface area contributed by atoms with E-state index in [9.17, 15) is 4.79 Å². The molecule has 0 aromatic heterocycles. The Kier molecular flexibility index (Phi) is 3.36. The van der Waals surface area contributed by atoms with E-state index >= 15 is 0 Å². The van der Waals surface area contributed by atoms with Crippen LogP contribution in [0.1, 0.15) is 12.0 Å². The van der Waals surface area contributed by atoms with Crippen molar-refractivity contribution in [2.45, 2.75) is 12.2 Å². The van der Waals surface area contributed by atoms with E-state index < -0.39 is 11.8 Å². The molecule has 0 aliphatic carbocycles. The Balaban J connectivity index is 1.99. The number of halogens is 2. The van der Waals surface area contributed by atoms with Crippen LogP contribution in [0, 0.1) is 5.92 Å². The number of ether oxygens (including phenoxy) is 2. The monoisotopic (exact) mass is 315 g/mol. The third-order valence-corrected chi connectivity index (χ3v) is 3.86. The summed E-state index contributed by atoms with van der Waals surface area (Å²) < 4.78 is 10.2. The Labute approximate surface area is 125 Å². The first-order valence-electron chi connectivity index (χ1n) is 6.02. The van der Waals surface area contributed by atoms with E-state index in [2.05, 4.69) is 5.16 Å². The molecule has 0 saturated carbocycles. The maximum Gasteiger partial charge on any atom is 0.382 e. The highest BCUT2D eigenvalue weighted by Crippen LogP contribution is 2.42. The van der Waals surface area contributed by atoms with E-state index in [0.29, 0.717) is 34.3 Å². The Morgan fingerprint density at radius 3 is 2.75 bits per heavy atom. The topological polar surface area (TPSA) is 57.1 Å². The summed E-state index contributed by atoms with van der Waals surface area (Å²) in [4.78, 5) is 17.2. The van der Waals surface area contributed by atoms with E-state index in [0.717, 1.165) is 0 Å². The van der Waals surface area contributed by atoms with Gasteiger partial charge in [-0.15, -0.1) is 0 Å². The van der Waals surface area contributed by atoms with Gasteiger partial charge in [-0.25, -0.2) is 4.79 Å². The number of carbonyl (C=O) groups is 1. The number of esters is 1. The molecule has 0 spiro atoms. The molecule has 20 heavy (non-hydrogen) atoms. The standard InChI is InChI=1S/C13H11Cl2NO4/c1-18-12(17)13-10(2-3-19-13)11(16-20-13)7-4-8(14)6-9(15)5-7/h4-6,10H,2-3H2,1H3/t10-,13-/m0/s1. The number of carbonyl (C=O) groups excluding carboxylic acids is 1. The average Bonchev–Trinajstić information content (AvgIpc) is 2.95. The van der Waals surface area contributed by atoms with Crippen molar-refractivity contribution in [2.24, 2.45) is 11.1 Å². The van der Waals surface area contributed by atoms with Gasteiger partial charge in [0.25, 0.3) is 0 Å². The van der Waals surface area contributed by atoms with Crippen LogP contribution in [0.3, 0.4) is 0 Å². The molecule has 106 valence electrons. The molecule has 1 saturated heterocycles. The first-order chi connectivity index (χ1) is 9.56. The van der Waals surface area contributed by atoms with Crippen LogP contribution in [-0.4, -0.2) is 31.2 Å². The maximum absolute atomic E-state index is 11.9. The number of hydrogen-bond donors (Lipinski definition) is 0. The van der Waals surface area contributed by atoms with Crippen LogP contribution in [0.15, 0.2) is 23.4 Å². The SMILES string of the molecule is COC(=O)[C@]12OCC[C@H]1C(c1cc(Cl)cc(Cl)c1)=NO2. The summed E-state index contributed by atoms with van der Waals surface area (Å²) in [6, 6.07) is 5.07. The van der Waals surface area contributed by atoms with Crippen molar-refractivity contribution in [2.75, 3.05) is 13.7 Å². The Hall–Kier alpha value is -1.30. The summed E-state index contributed by atoms with van der Waals surface area (Å²) in [5.74, 6) is -2.39. The van der Waals surface area contributed by atoms with Crippen LogP contribution in [-0.2, 0) is 19.1 Å². The molecule has 1 fully saturated rings. The van der Waals surface area contributed by atoms with Gasteiger partial charge in [0, 0.05) is 15.6 Å². The lowest BCUT2D eigenvalue weighted by Gasteiger charge is -2.22. The highest BCUT2D eigenvalue weighted by Gasteiger charge is 2.61. The number of nitrogens with zero attached hydrogens (tertiary/aromatic N) is 1. The lowest BCUT2D eigenvalue weighted by atomic mass is 9.89. The molecule has 3 rings (SSSR count). The Morgan fingerprint density at radius 2 is 2.10 bits per heavy atom. The summed E-state index contributed by atoms with van der Waals surface area (Å²) in [5.41, 5.74) is 1.31. The first-order valence-corrected chi connectivity index (χ1v) is 6.77. The van der Waals surface area contributed by atoms with Crippen LogP contribution in [0.25, 0.3) is 0 Å². The van der Waals surface area contributed by atoms with E-state index in [1.807, 2.05) is 0 Å². The number of methoxy groups -OCH3 is 1. The molecule has 2 aliphatic rings. The molecule has 2 atom stereocenters. The number of fused-ring (bicyclic) bond motifs is 1. The van der Waals surface area contributed by atoms with Gasteiger partial charge in [-0.1, -0.05) is 28.4 Å². The van der Waals surface area contributed by atoms with Crippen LogP contribution >= 0.6 is 23.2 Å². The molecule has 7 heteroatoms. The van der Waals surface area contributed by atoms with Gasteiger partial charge in [-0.3, -0.25) is 0 Å². The van der Waals surface area contributed by atoms with Crippen molar-refractivity contribution in [1.82, 2.24) is 0 Å². The van der Waals surface area contributed by atoms with Gasteiger partial charge in [0.2, 0.25) is 0 Å². The number of rotatable bonds is 2.